The van der Waals surface area contributed by atoms with Crippen molar-refractivity contribution >= 4 is 21.6 Å². The normalized spacial score (nSPS) is 19.1. The molecule has 9 nitrogen and oxygen atoms in total. The molecule has 1 aliphatic rings. The van der Waals surface area contributed by atoms with Crippen LogP contribution in [0.15, 0.2) is 47.4 Å². The highest BCUT2D eigenvalue weighted by molar-refractivity contribution is 7.89. The molecule has 3 rings (SSSR count). The van der Waals surface area contributed by atoms with Gasteiger partial charge in [0.1, 0.15) is 0 Å². The van der Waals surface area contributed by atoms with Gasteiger partial charge < -0.3 is 19.5 Å². The Balaban J connectivity index is 1.60. The van der Waals surface area contributed by atoms with Crippen molar-refractivity contribution in [1.29, 1.82) is 0 Å². The fourth-order valence-corrected chi connectivity index (χ4v) is 5.65. The van der Waals surface area contributed by atoms with E-state index in [2.05, 4.69) is 5.32 Å². The highest BCUT2D eigenvalue weighted by atomic mass is 32.2. The summed E-state index contributed by atoms with van der Waals surface area (Å²) in [5.41, 5.74) is 1.43. The van der Waals surface area contributed by atoms with Gasteiger partial charge in [-0.2, -0.15) is 4.31 Å². The smallest absolute Gasteiger partial charge is 0.243 e. The molecule has 34 heavy (non-hydrogen) atoms. The van der Waals surface area contributed by atoms with Crippen molar-refractivity contribution in [2.75, 3.05) is 46.2 Å². The average molecular weight is 492 g/mol. The van der Waals surface area contributed by atoms with Crippen molar-refractivity contribution in [2.24, 2.45) is 0 Å². The number of amides is 1. The molecule has 10 heteroatoms. The van der Waals surface area contributed by atoms with Crippen LogP contribution in [-0.2, 0) is 26.1 Å². The Morgan fingerprint density at radius 1 is 1.09 bits per heavy atom. The van der Waals surface area contributed by atoms with Crippen LogP contribution in [0.4, 0.5) is 5.69 Å². The van der Waals surface area contributed by atoms with Crippen molar-refractivity contribution in [3.05, 3.63) is 48.0 Å². The zero-order valence-electron chi connectivity index (χ0n) is 20.3. The molecule has 0 spiro atoms. The maximum atomic E-state index is 13.0. The van der Waals surface area contributed by atoms with Gasteiger partial charge in [0, 0.05) is 30.9 Å². The monoisotopic (exact) mass is 491 g/mol. The van der Waals surface area contributed by atoms with E-state index >= 15 is 0 Å². The van der Waals surface area contributed by atoms with Gasteiger partial charge in [0.15, 0.2) is 11.5 Å². The average Bonchev–Trinajstić information content (AvgIpc) is 2.78. The van der Waals surface area contributed by atoms with E-state index in [0.29, 0.717) is 36.8 Å². The summed E-state index contributed by atoms with van der Waals surface area (Å²) in [6.07, 6.45) is -0.322. The molecule has 0 radical (unpaired) electrons. The SMILES string of the molecule is COc1cccc(CN(C)CC(=O)Nc2ccc(S(=O)(=O)N3CC(C)OC(C)C3)cc2)c1OC. The molecule has 0 saturated carbocycles. The summed E-state index contributed by atoms with van der Waals surface area (Å²) in [5, 5.41) is 2.82. The number of likely N-dealkylation sites (N-methyl/N-ethyl adjacent to an activating group) is 1. The van der Waals surface area contributed by atoms with E-state index in [-0.39, 0.29) is 29.6 Å². The van der Waals surface area contributed by atoms with Crippen LogP contribution < -0.4 is 14.8 Å². The first kappa shape index (κ1) is 26.0. The Morgan fingerprint density at radius 2 is 1.74 bits per heavy atom. The highest BCUT2D eigenvalue weighted by Gasteiger charge is 2.32. The minimum atomic E-state index is -3.63. The van der Waals surface area contributed by atoms with E-state index in [4.69, 9.17) is 14.2 Å². The Labute approximate surface area is 201 Å². The molecule has 0 aliphatic carbocycles. The number of benzene rings is 2. The summed E-state index contributed by atoms with van der Waals surface area (Å²) in [5.74, 6) is 1.06. The molecule has 1 N–H and O–H groups in total. The number of ether oxygens (including phenoxy) is 3. The lowest BCUT2D eigenvalue weighted by molar-refractivity contribution is -0.117. The summed E-state index contributed by atoms with van der Waals surface area (Å²) in [6, 6.07) is 11.8. The van der Waals surface area contributed by atoms with Crippen molar-refractivity contribution in [3.63, 3.8) is 0 Å². The summed E-state index contributed by atoms with van der Waals surface area (Å²) in [7, 11) is 1.37. The first-order chi connectivity index (χ1) is 16.1. The van der Waals surface area contributed by atoms with Gasteiger partial charge in [0.25, 0.3) is 0 Å². The van der Waals surface area contributed by atoms with Gasteiger partial charge in [-0.25, -0.2) is 8.42 Å². The van der Waals surface area contributed by atoms with Crippen LogP contribution in [0.5, 0.6) is 11.5 Å². The first-order valence-corrected chi connectivity index (χ1v) is 12.5. The van der Waals surface area contributed by atoms with Crippen molar-refractivity contribution < 1.29 is 27.4 Å². The molecule has 1 heterocycles. The number of sulfonamides is 1. The number of carbonyl (C=O) groups is 1. The van der Waals surface area contributed by atoms with Crippen LogP contribution in [0.2, 0.25) is 0 Å². The minimum Gasteiger partial charge on any atom is -0.493 e. The number of anilines is 1. The van der Waals surface area contributed by atoms with E-state index in [9.17, 15) is 13.2 Å². The molecule has 1 fully saturated rings. The van der Waals surface area contributed by atoms with Gasteiger partial charge >= 0.3 is 0 Å². The predicted molar refractivity (Wildman–Crippen MR) is 130 cm³/mol. The fraction of sp³-hybridized carbons (Fsp3) is 0.458. The van der Waals surface area contributed by atoms with Crippen LogP contribution >= 0.6 is 0 Å². The molecule has 0 bridgehead atoms. The molecule has 1 saturated heterocycles. The number of hydrogen-bond acceptors (Lipinski definition) is 7. The van der Waals surface area contributed by atoms with Gasteiger partial charge in [0.2, 0.25) is 15.9 Å². The van der Waals surface area contributed by atoms with E-state index in [1.54, 1.807) is 26.4 Å². The third kappa shape index (κ3) is 6.26. The zero-order valence-corrected chi connectivity index (χ0v) is 21.1. The Hall–Kier alpha value is -2.66. The summed E-state index contributed by atoms with van der Waals surface area (Å²) in [4.78, 5) is 14.6. The van der Waals surface area contributed by atoms with Crippen LogP contribution in [0.3, 0.4) is 0 Å². The van der Waals surface area contributed by atoms with Crippen LogP contribution in [0.25, 0.3) is 0 Å². The number of nitrogens with one attached hydrogen (secondary N) is 1. The second-order valence-corrected chi connectivity index (χ2v) is 10.4. The van der Waals surface area contributed by atoms with Crippen LogP contribution in [0.1, 0.15) is 19.4 Å². The van der Waals surface area contributed by atoms with Crippen molar-refractivity contribution in [2.45, 2.75) is 37.5 Å². The van der Waals surface area contributed by atoms with Gasteiger partial charge in [-0.1, -0.05) is 12.1 Å². The van der Waals surface area contributed by atoms with Gasteiger partial charge in [-0.3, -0.25) is 9.69 Å². The number of carbonyl (C=O) groups excluding carboxylic acids is 1. The second kappa shape index (κ2) is 11.2. The maximum absolute atomic E-state index is 13.0. The quantitative estimate of drug-likeness (QED) is 0.576. The fourth-order valence-electron chi connectivity index (χ4n) is 4.06. The maximum Gasteiger partial charge on any atom is 0.243 e. The first-order valence-electron chi connectivity index (χ1n) is 11.1. The topological polar surface area (TPSA) is 97.4 Å². The number of rotatable bonds is 9. The number of morpholine rings is 1. The summed E-state index contributed by atoms with van der Waals surface area (Å²) < 4.78 is 43.8. The van der Waals surface area contributed by atoms with E-state index in [0.717, 1.165) is 5.56 Å². The Bertz CT molecular complexity index is 1080. The van der Waals surface area contributed by atoms with E-state index < -0.39 is 10.0 Å². The highest BCUT2D eigenvalue weighted by Crippen LogP contribution is 2.31. The lowest BCUT2D eigenvalue weighted by Crippen LogP contribution is -2.48. The zero-order chi connectivity index (χ0) is 24.9. The number of methoxy groups -OCH3 is 2. The van der Waals surface area contributed by atoms with Gasteiger partial charge in [-0.05, 0) is 51.2 Å². The third-order valence-corrected chi connectivity index (χ3v) is 7.35. The summed E-state index contributed by atoms with van der Waals surface area (Å²) >= 11 is 0. The van der Waals surface area contributed by atoms with Gasteiger partial charge in [-0.15, -0.1) is 0 Å². The number of para-hydroxylation sites is 1. The largest absolute Gasteiger partial charge is 0.493 e. The summed E-state index contributed by atoms with van der Waals surface area (Å²) in [6.45, 7) is 4.98. The second-order valence-electron chi connectivity index (χ2n) is 8.48. The van der Waals surface area contributed by atoms with Gasteiger partial charge in [0.05, 0.1) is 37.9 Å². The predicted octanol–water partition coefficient (Wildman–Crippen LogP) is 2.57. The molecular formula is C24H33N3O6S. The van der Waals surface area contributed by atoms with Crippen LogP contribution in [0, 0.1) is 0 Å². The molecule has 2 atom stereocenters. The third-order valence-electron chi connectivity index (χ3n) is 5.50. The molecule has 2 aromatic rings. The molecule has 2 aromatic carbocycles. The van der Waals surface area contributed by atoms with Crippen LogP contribution in [-0.4, -0.2) is 76.6 Å². The van der Waals surface area contributed by atoms with Crippen molar-refractivity contribution in [3.8, 4) is 11.5 Å². The lowest BCUT2D eigenvalue weighted by atomic mass is 10.1. The molecule has 1 amide bonds. The Kier molecular flexibility index (Phi) is 8.53. The van der Waals surface area contributed by atoms with E-state index in [1.807, 2.05) is 44.0 Å². The molecule has 186 valence electrons. The number of hydrogen-bond donors (Lipinski definition) is 1. The molecule has 0 aromatic heterocycles. The molecule has 2 unspecified atom stereocenters. The molecular weight excluding hydrogens is 458 g/mol. The Morgan fingerprint density at radius 3 is 2.32 bits per heavy atom. The van der Waals surface area contributed by atoms with E-state index in [1.165, 1.54) is 16.4 Å². The van der Waals surface area contributed by atoms with Crippen molar-refractivity contribution in [1.82, 2.24) is 9.21 Å². The number of nitrogens with zero attached hydrogens (tertiary/aromatic N) is 2. The minimum absolute atomic E-state index is 0.143. The standard InChI is InChI=1S/C24H33N3O6S/c1-17-13-27(14-18(2)33-17)34(29,30)21-11-9-20(10-12-21)25-23(28)16-26(3)15-19-7-6-8-22(31-4)24(19)32-5/h6-12,17-18H,13-16H2,1-5H3,(H,25,28). The molecule has 1 aliphatic heterocycles. The lowest BCUT2D eigenvalue weighted by Gasteiger charge is -2.34.